The van der Waals surface area contributed by atoms with Crippen molar-refractivity contribution in [1.29, 1.82) is 0 Å². The van der Waals surface area contributed by atoms with Crippen LogP contribution in [0.3, 0.4) is 0 Å². The number of rotatable bonds is 5. The standard InChI is InChI=1S/C27H26ClN9O3/c1-40-27(39)32-19-8-9-20-22(14-19)29-12-4-2-3-5-21(26-30-15-23(20)34-26)33-25(38)11-6-17-13-18(28)7-10-24(17)37-16-31-35-36-37/h2-3,6-11,13-16,21,29H,4-5,12H2,1H3,(H,30,34)(H,32,39)(H,33,38)/b3-2-,11-6+/t21-/m0/s1. The summed E-state index contributed by atoms with van der Waals surface area (Å²) >= 11 is 6.19. The van der Waals surface area contributed by atoms with E-state index < -0.39 is 12.1 Å². The second kappa shape index (κ2) is 12.3. The Balaban J connectivity index is 1.37. The van der Waals surface area contributed by atoms with Crippen LogP contribution in [-0.2, 0) is 9.53 Å². The summed E-state index contributed by atoms with van der Waals surface area (Å²) in [6, 6.07) is 10.4. The summed E-state index contributed by atoms with van der Waals surface area (Å²) in [7, 11) is 1.32. The van der Waals surface area contributed by atoms with Gasteiger partial charge in [-0.1, -0.05) is 23.8 Å². The lowest BCUT2D eigenvalue weighted by Crippen LogP contribution is -2.27. The van der Waals surface area contributed by atoms with Crippen molar-refractivity contribution >= 4 is 41.1 Å². The molecular formula is C27H26ClN9O3. The molecule has 204 valence electrons. The largest absolute Gasteiger partial charge is 0.453 e. The third-order valence-electron chi connectivity index (χ3n) is 6.15. The zero-order valence-corrected chi connectivity index (χ0v) is 22.2. The number of carbonyl (C=O) groups excluding carboxylic acids is 2. The van der Waals surface area contributed by atoms with Crippen molar-refractivity contribution in [1.82, 2.24) is 35.5 Å². The Kier molecular flexibility index (Phi) is 8.16. The maximum absolute atomic E-state index is 13.0. The Morgan fingerprint density at radius 1 is 1.20 bits per heavy atom. The number of aromatic amines is 1. The van der Waals surface area contributed by atoms with Crippen molar-refractivity contribution in [2.24, 2.45) is 0 Å². The summed E-state index contributed by atoms with van der Waals surface area (Å²) in [5.41, 5.74) is 4.42. The molecule has 0 saturated carbocycles. The first-order chi connectivity index (χ1) is 19.5. The van der Waals surface area contributed by atoms with Gasteiger partial charge in [-0.05, 0) is 65.7 Å². The van der Waals surface area contributed by atoms with E-state index in [-0.39, 0.29) is 5.91 Å². The zero-order valence-electron chi connectivity index (χ0n) is 21.5. The fourth-order valence-corrected chi connectivity index (χ4v) is 4.41. The monoisotopic (exact) mass is 559 g/mol. The van der Waals surface area contributed by atoms with Gasteiger partial charge < -0.3 is 20.4 Å². The van der Waals surface area contributed by atoms with Crippen LogP contribution in [0.2, 0.25) is 5.02 Å². The van der Waals surface area contributed by atoms with Crippen molar-refractivity contribution in [3.63, 3.8) is 0 Å². The van der Waals surface area contributed by atoms with Gasteiger partial charge in [-0.2, -0.15) is 4.68 Å². The first kappa shape index (κ1) is 26.6. The van der Waals surface area contributed by atoms with Crippen molar-refractivity contribution < 1.29 is 14.3 Å². The van der Waals surface area contributed by atoms with Gasteiger partial charge in [0.2, 0.25) is 5.91 Å². The number of benzene rings is 2. The highest BCUT2D eigenvalue weighted by atomic mass is 35.5. The minimum absolute atomic E-state index is 0.299. The van der Waals surface area contributed by atoms with E-state index in [1.165, 1.54) is 24.2 Å². The van der Waals surface area contributed by atoms with Crippen LogP contribution in [0.25, 0.3) is 23.0 Å². The van der Waals surface area contributed by atoms with Crippen LogP contribution in [0.4, 0.5) is 16.2 Å². The molecule has 2 bridgehead atoms. The number of hydrogen-bond acceptors (Lipinski definition) is 8. The van der Waals surface area contributed by atoms with E-state index in [0.717, 1.165) is 23.4 Å². The van der Waals surface area contributed by atoms with Crippen molar-refractivity contribution in [2.75, 3.05) is 24.3 Å². The zero-order chi connectivity index (χ0) is 27.9. The van der Waals surface area contributed by atoms with Crippen molar-refractivity contribution in [2.45, 2.75) is 18.9 Å². The number of H-pyrrole nitrogens is 1. The predicted octanol–water partition coefficient (Wildman–Crippen LogP) is 4.52. The molecular weight excluding hydrogens is 534 g/mol. The third-order valence-corrected chi connectivity index (χ3v) is 6.38. The van der Waals surface area contributed by atoms with E-state index in [2.05, 4.69) is 41.4 Å². The molecule has 0 aliphatic carbocycles. The molecule has 13 heteroatoms. The minimum Gasteiger partial charge on any atom is -0.453 e. The number of carbonyl (C=O) groups is 2. The first-order valence-corrected chi connectivity index (χ1v) is 12.8. The summed E-state index contributed by atoms with van der Waals surface area (Å²) in [4.78, 5) is 32.6. The molecule has 4 aromatic rings. The number of anilines is 2. The van der Waals surface area contributed by atoms with E-state index in [0.29, 0.717) is 40.8 Å². The Morgan fingerprint density at radius 2 is 2.10 bits per heavy atom. The Hall–Kier alpha value is -4.97. The normalized spacial score (nSPS) is 15.7. The van der Waals surface area contributed by atoms with Crippen LogP contribution in [0, 0.1) is 0 Å². The highest BCUT2D eigenvalue weighted by molar-refractivity contribution is 6.30. The van der Waals surface area contributed by atoms with E-state index in [9.17, 15) is 9.59 Å². The average Bonchev–Trinajstić information content (AvgIpc) is 3.66. The molecule has 0 unspecified atom stereocenters. The van der Waals surface area contributed by atoms with E-state index in [4.69, 9.17) is 16.3 Å². The van der Waals surface area contributed by atoms with Gasteiger partial charge in [-0.3, -0.25) is 10.1 Å². The van der Waals surface area contributed by atoms with E-state index >= 15 is 0 Å². The molecule has 0 radical (unpaired) electrons. The number of imidazole rings is 1. The molecule has 0 saturated heterocycles. The molecule has 5 rings (SSSR count). The topological polar surface area (TPSA) is 152 Å². The van der Waals surface area contributed by atoms with Crippen molar-refractivity contribution in [3.05, 3.63) is 83.6 Å². The maximum atomic E-state index is 13.0. The van der Waals surface area contributed by atoms with Crippen LogP contribution in [0.15, 0.2) is 67.2 Å². The fourth-order valence-electron chi connectivity index (χ4n) is 4.23. The molecule has 0 fully saturated rings. The number of amides is 2. The van der Waals surface area contributed by atoms with Crippen LogP contribution < -0.4 is 16.0 Å². The van der Waals surface area contributed by atoms with Crippen LogP contribution in [-0.4, -0.2) is 55.8 Å². The Bertz CT molecular complexity index is 1560. The van der Waals surface area contributed by atoms with Gasteiger partial charge in [0, 0.05) is 40.1 Å². The van der Waals surface area contributed by atoms with Gasteiger partial charge in [0.25, 0.3) is 0 Å². The van der Waals surface area contributed by atoms with Crippen LogP contribution in [0.1, 0.15) is 30.3 Å². The Labute approximate surface area is 234 Å². The Morgan fingerprint density at radius 3 is 2.92 bits per heavy atom. The SMILES string of the molecule is COC(=O)Nc1ccc2c(c1)NCC/C=C\C[C@H](NC(=O)/C=C/c1cc(Cl)ccc1-n1cnnn1)c1ncc-2[nH]1. The van der Waals surface area contributed by atoms with Gasteiger partial charge in [0.05, 0.1) is 30.7 Å². The lowest BCUT2D eigenvalue weighted by molar-refractivity contribution is -0.117. The molecule has 4 N–H and O–H groups in total. The van der Waals surface area contributed by atoms with Crippen LogP contribution >= 0.6 is 11.6 Å². The highest BCUT2D eigenvalue weighted by Crippen LogP contribution is 2.31. The summed E-state index contributed by atoms with van der Waals surface area (Å²) in [5.74, 6) is 0.313. The summed E-state index contributed by atoms with van der Waals surface area (Å²) in [6.07, 6.45) is 11.1. The number of aromatic nitrogens is 6. The number of nitrogens with one attached hydrogen (secondary N) is 4. The molecule has 2 aromatic heterocycles. The quantitative estimate of drug-likeness (QED) is 0.206. The average molecular weight is 560 g/mol. The summed E-state index contributed by atoms with van der Waals surface area (Å²) in [6.45, 7) is 0.676. The predicted molar refractivity (Wildman–Crippen MR) is 151 cm³/mol. The summed E-state index contributed by atoms with van der Waals surface area (Å²) < 4.78 is 6.19. The van der Waals surface area contributed by atoms with Gasteiger partial charge in [-0.15, -0.1) is 5.10 Å². The molecule has 1 aliphatic rings. The lowest BCUT2D eigenvalue weighted by atomic mass is 10.1. The molecule has 3 heterocycles. The number of halogens is 1. The molecule has 0 spiro atoms. The fraction of sp³-hybridized carbons (Fsp3) is 0.185. The third kappa shape index (κ3) is 6.35. The van der Waals surface area contributed by atoms with E-state index in [1.807, 2.05) is 24.3 Å². The second-order valence-corrected chi connectivity index (χ2v) is 9.27. The van der Waals surface area contributed by atoms with Crippen LogP contribution in [0.5, 0.6) is 0 Å². The highest BCUT2D eigenvalue weighted by Gasteiger charge is 2.18. The molecule has 2 aromatic carbocycles. The number of nitrogens with zero attached hydrogens (tertiary/aromatic N) is 5. The number of tetrazole rings is 1. The van der Waals surface area contributed by atoms with Crippen molar-refractivity contribution in [3.8, 4) is 16.9 Å². The van der Waals surface area contributed by atoms with Gasteiger partial charge in [-0.25, -0.2) is 9.78 Å². The first-order valence-electron chi connectivity index (χ1n) is 12.4. The second-order valence-electron chi connectivity index (χ2n) is 8.83. The molecule has 1 atom stereocenters. The van der Waals surface area contributed by atoms with Gasteiger partial charge >= 0.3 is 6.09 Å². The molecule has 2 amide bonds. The number of fused-ring (bicyclic) bond motifs is 4. The lowest BCUT2D eigenvalue weighted by Gasteiger charge is -2.16. The van der Waals surface area contributed by atoms with E-state index in [1.54, 1.807) is 36.5 Å². The van der Waals surface area contributed by atoms with Gasteiger partial charge in [0.15, 0.2) is 0 Å². The molecule has 40 heavy (non-hydrogen) atoms. The van der Waals surface area contributed by atoms with Gasteiger partial charge in [0.1, 0.15) is 12.2 Å². The summed E-state index contributed by atoms with van der Waals surface area (Å²) in [5, 5.41) is 20.9. The number of ether oxygens (including phenoxy) is 1. The number of methoxy groups -OCH3 is 1. The molecule has 12 nitrogen and oxygen atoms in total. The minimum atomic E-state index is -0.547. The smallest absolute Gasteiger partial charge is 0.411 e. The number of hydrogen-bond donors (Lipinski definition) is 4. The maximum Gasteiger partial charge on any atom is 0.411 e. The molecule has 1 aliphatic heterocycles.